The van der Waals surface area contributed by atoms with E-state index < -0.39 is 0 Å². The minimum atomic E-state index is 0.103. The molecule has 0 fully saturated rings. The zero-order valence-electron chi connectivity index (χ0n) is 20.3. The first-order chi connectivity index (χ1) is 17.8. The molecule has 1 heteroatoms. The van der Waals surface area contributed by atoms with Crippen molar-refractivity contribution in [2.75, 3.05) is 0 Å². The lowest BCUT2D eigenvalue weighted by Gasteiger charge is -2.34. The van der Waals surface area contributed by atoms with Crippen LogP contribution in [0.25, 0.3) is 0 Å². The van der Waals surface area contributed by atoms with Gasteiger partial charge in [-0.25, -0.2) is 0 Å². The van der Waals surface area contributed by atoms with Gasteiger partial charge >= 0.3 is 0 Å². The first-order valence-corrected chi connectivity index (χ1v) is 13.0. The van der Waals surface area contributed by atoms with Gasteiger partial charge in [0.2, 0.25) is 0 Å². The first kappa shape index (κ1) is 21.3. The largest absolute Gasteiger partial charge is 0.309 e. The van der Waals surface area contributed by atoms with Crippen molar-refractivity contribution in [3.8, 4) is 23.7 Å². The van der Waals surface area contributed by atoms with Crippen LogP contribution in [0.2, 0.25) is 0 Å². The van der Waals surface area contributed by atoms with Crippen molar-refractivity contribution in [1.29, 1.82) is 0 Å². The van der Waals surface area contributed by atoms with Crippen LogP contribution in [-0.2, 0) is 31.3 Å². The summed E-state index contributed by atoms with van der Waals surface area (Å²) >= 11 is 0. The zero-order chi connectivity index (χ0) is 24.0. The number of hydrogen-bond donors (Lipinski definition) is 1. The third-order valence-electron chi connectivity index (χ3n) is 8.23. The van der Waals surface area contributed by atoms with Crippen molar-refractivity contribution >= 4 is 0 Å². The predicted molar refractivity (Wildman–Crippen MR) is 146 cm³/mol. The highest BCUT2D eigenvalue weighted by Crippen LogP contribution is 2.55. The Morgan fingerprint density at radius 3 is 1.47 bits per heavy atom. The summed E-state index contributed by atoms with van der Waals surface area (Å²) in [7, 11) is 0. The van der Waals surface area contributed by atoms with Crippen molar-refractivity contribution in [2.24, 2.45) is 0 Å². The molecule has 1 nitrogen and oxygen atoms in total. The van der Waals surface area contributed by atoms with Crippen LogP contribution < -0.4 is 5.32 Å². The summed E-state index contributed by atoms with van der Waals surface area (Å²) in [6, 6.07) is 29.8. The van der Waals surface area contributed by atoms with E-state index in [1.165, 1.54) is 46.2 Å². The van der Waals surface area contributed by atoms with E-state index in [9.17, 15) is 0 Å². The summed E-state index contributed by atoms with van der Waals surface area (Å²) in [6.07, 6.45) is 4.68. The third kappa shape index (κ3) is 3.40. The summed E-state index contributed by atoms with van der Waals surface area (Å²) in [4.78, 5) is 0. The minimum Gasteiger partial charge on any atom is -0.309 e. The number of rotatable bonds is 0. The maximum Gasteiger partial charge on any atom is 0.0297 e. The second-order valence-corrected chi connectivity index (χ2v) is 10.2. The van der Waals surface area contributed by atoms with Gasteiger partial charge in [-0.1, -0.05) is 72.2 Å². The van der Waals surface area contributed by atoms with Crippen LogP contribution in [0.15, 0.2) is 84.9 Å². The van der Waals surface area contributed by atoms with E-state index in [4.69, 9.17) is 0 Å². The quantitative estimate of drug-likeness (QED) is 0.305. The van der Waals surface area contributed by atoms with Crippen molar-refractivity contribution in [2.45, 2.75) is 44.2 Å². The molecule has 0 radical (unpaired) electrons. The third-order valence-corrected chi connectivity index (χ3v) is 8.23. The summed E-state index contributed by atoms with van der Waals surface area (Å²) in [5.74, 6) is 13.9. The normalized spacial score (nSPS) is 15.9. The van der Waals surface area contributed by atoms with E-state index in [0.29, 0.717) is 0 Å². The van der Waals surface area contributed by atoms with Gasteiger partial charge in [-0.3, -0.25) is 0 Å². The molecule has 1 aliphatic heterocycles. The Labute approximate surface area is 213 Å². The summed E-state index contributed by atoms with van der Waals surface area (Å²) in [6.45, 7) is 1.69. The molecule has 2 aliphatic carbocycles. The predicted octanol–water partition coefficient (Wildman–Crippen LogP) is 6.27. The second-order valence-electron chi connectivity index (χ2n) is 10.2. The molecule has 0 saturated heterocycles. The SMILES string of the molecule is C(#Cc1ccc2c3c1CNCc1c(C#Cc4ccccc4)ccc4c1C3(CC2)CC4)c1ccccc1. The molecule has 1 spiro atoms. The standard InChI is InChI=1S/C35H27N/c1-3-7-25(8-4-1)11-13-27-15-17-29-19-21-35-22-20-30-18-16-28(14-12-26-9-5-2-6-10-26)32(34(30)35)24-36-23-31(27)33(29)35/h1-10,15-18,36H,19-24H2. The Hall–Kier alpha value is -4.04. The molecular formula is C35H27N. The minimum absolute atomic E-state index is 0.103. The molecule has 4 aromatic rings. The zero-order valence-corrected chi connectivity index (χ0v) is 20.3. The van der Waals surface area contributed by atoms with Gasteiger partial charge in [0, 0.05) is 40.8 Å². The second kappa shape index (κ2) is 8.57. The van der Waals surface area contributed by atoms with Crippen molar-refractivity contribution in [1.82, 2.24) is 5.32 Å². The van der Waals surface area contributed by atoms with Crippen LogP contribution >= 0.6 is 0 Å². The van der Waals surface area contributed by atoms with Crippen LogP contribution in [-0.4, -0.2) is 0 Å². The highest BCUT2D eigenvalue weighted by atomic mass is 14.9. The van der Waals surface area contributed by atoms with Crippen molar-refractivity contribution < 1.29 is 0 Å². The molecule has 1 heterocycles. The molecule has 3 aliphatic rings. The Kier molecular flexibility index (Phi) is 5.06. The van der Waals surface area contributed by atoms with Crippen LogP contribution in [0.1, 0.15) is 68.5 Å². The number of benzene rings is 4. The molecule has 1 N–H and O–H groups in total. The molecule has 0 bridgehead atoms. The Morgan fingerprint density at radius 1 is 0.528 bits per heavy atom. The molecular weight excluding hydrogens is 434 g/mol. The monoisotopic (exact) mass is 461 g/mol. The van der Waals surface area contributed by atoms with Gasteiger partial charge in [0.05, 0.1) is 0 Å². The maximum absolute atomic E-state index is 3.79. The van der Waals surface area contributed by atoms with Gasteiger partial charge < -0.3 is 5.32 Å². The first-order valence-electron chi connectivity index (χ1n) is 13.0. The van der Waals surface area contributed by atoms with Gasteiger partial charge in [-0.15, -0.1) is 0 Å². The lowest BCUT2D eigenvalue weighted by Crippen LogP contribution is -2.31. The fraction of sp³-hybridized carbons (Fsp3) is 0.200. The van der Waals surface area contributed by atoms with E-state index in [-0.39, 0.29) is 5.41 Å². The lowest BCUT2D eigenvalue weighted by molar-refractivity contribution is 0.487. The Morgan fingerprint density at radius 2 is 1.00 bits per heavy atom. The van der Waals surface area contributed by atoms with Gasteiger partial charge in [-0.2, -0.15) is 0 Å². The summed E-state index contributed by atoms with van der Waals surface area (Å²) in [5, 5.41) is 3.79. The van der Waals surface area contributed by atoms with Gasteiger partial charge in [0.15, 0.2) is 0 Å². The fourth-order valence-corrected chi connectivity index (χ4v) is 6.68. The molecule has 0 unspecified atom stereocenters. The molecule has 7 rings (SSSR count). The average Bonchev–Trinajstić information content (AvgIpc) is 3.48. The van der Waals surface area contributed by atoms with E-state index >= 15 is 0 Å². The number of hydrogen-bond acceptors (Lipinski definition) is 1. The smallest absolute Gasteiger partial charge is 0.0297 e. The maximum atomic E-state index is 3.79. The molecule has 0 amide bonds. The van der Waals surface area contributed by atoms with Crippen LogP contribution in [0.4, 0.5) is 0 Å². The van der Waals surface area contributed by atoms with E-state index in [1.54, 1.807) is 11.1 Å². The van der Waals surface area contributed by atoms with Crippen molar-refractivity contribution in [3.05, 3.63) is 141 Å². The number of nitrogens with one attached hydrogen (secondary N) is 1. The number of aryl methyl sites for hydroxylation is 2. The fourth-order valence-electron chi connectivity index (χ4n) is 6.68. The highest BCUT2D eigenvalue weighted by Gasteiger charge is 2.48. The Bertz CT molecular complexity index is 1480. The highest BCUT2D eigenvalue weighted by molar-refractivity contribution is 5.65. The lowest BCUT2D eigenvalue weighted by atomic mass is 9.71. The van der Waals surface area contributed by atoms with Crippen LogP contribution in [0.3, 0.4) is 0 Å². The van der Waals surface area contributed by atoms with E-state index in [0.717, 1.165) is 37.1 Å². The van der Waals surface area contributed by atoms with Gasteiger partial charge in [0.25, 0.3) is 0 Å². The Balaban J connectivity index is 1.39. The molecule has 0 aromatic heterocycles. The molecule has 0 atom stereocenters. The van der Waals surface area contributed by atoms with E-state index in [1.807, 2.05) is 12.1 Å². The van der Waals surface area contributed by atoms with E-state index in [2.05, 4.69) is 102 Å². The molecule has 36 heavy (non-hydrogen) atoms. The summed E-state index contributed by atoms with van der Waals surface area (Å²) in [5.41, 5.74) is 13.5. The summed E-state index contributed by atoms with van der Waals surface area (Å²) < 4.78 is 0. The topological polar surface area (TPSA) is 12.0 Å². The van der Waals surface area contributed by atoms with Gasteiger partial charge in [0.1, 0.15) is 0 Å². The van der Waals surface area contributed by atoms with Crippen LogP contribution in [0.5, 0.6) is 0 Å². The van der Waals surface area contributed by atoms with Crippen LogP contribution in [0, 0.1) is 23.7 Å². The average molecular weight is 462 g/mol. The van der Waals surface area contributed by atoms with Crippen molar-refractivity contribution in [3.63, 3.8) is 0 Å². The molecule has 4 aromatic carbocycles. The molecule has 0 saturated carbocycles. The van der Waals surface area contributed by atoms with Gasteiger partial charge in [-0.05, 0) is 95.5 Å². The molecule has 172 valence electrons.